The van der Waals surface area contributed by atoms with E-state index in [1.54, 1.807) is 21.8 Å². The molecule has 1 aromatic carbocycles. The summed E-state index contributed by atoms with van der Waals surface area (Å²) in [7, 11) is 0. The summed E-state index contributed by atoms with van der Waals surface area (Å²) in [6, 6.07) is 8.03. The van der Waals surface area contributed by atoms with Crippen molar-refractivity contribution in [1.82, 2.24) is 40.0 Å². The number of anilines is 3. The van der Waals surface area contributed by atoms with Gasteiger partial charge in [-0.25, -0.2) is 19.3 Å². The molecule has 20 nitrogen and oxygen atoms in total. The molecule has 1 unspecified atom stereocenters. The molecule has 4 aliphatic heterocycles. The zero-order chi connectivity index (χ0) is 44.4. The Balaban J connectivity index is 0.675. The van der Waals surface area contributed by atoms with E-state index in [0.29, 0.717) is 67.9 Å². The fraction of sp³-hybridized carbons (Fsp3) is 0.488. The zero-order valence-corrected chi connectivity index (χ0v) is 36.1. The lowest BCUT2D eigenvalue weighted by Crippen LogP contribution is -2.52. The van der Waals surface area contributed by atoms with E-state index in [1.165, 1.54) is 12.3 Å². The van der Waals surface area contributed by atoms with E-state index in [-0.39, 0.29) is 67.8 Å². The molecule has 0 aliphatic carbocycles. The number of carbonyl (C=O) groups excluding carboxylic acids is 5. The first-order valence-corrected chi connectivity index (χ1v) is 22.0. The minimum atomic E-state index is -0.625. The van der Waals surface area contributed by atoms with E-state index in [2.05, 4.69) is 46.1 Å². The van der Waals surface area contributed by atoms with Gasteiger partial charge in [-0.1, -0.05) is 11.6 Å². The lowest BCUT2D eigenvalue weighted by atomic mass is 9.95. The predicted molar refractivity (Wildman–Crippen MR) is 234 cm³/mol. The van der Waals surface area contributed by atoms with Crippen LogP contribution in [0.2, 0.25) is 5.02 Å². The van der Waals surface area contributed by atoms with Crippen molar-refractivity contribution in [1.29, 1.82) is 0 Å². The van der Waals surface area contributed by atoms with E-state index in [9.17, 15) is 24.0 Å². The first kappa shape index (κ1) is 44.7. The molecule has 4 N–H and O–H groups in total. The molecular weight excluding hydrogens is 850 g/mol. The second-order valence-corrected chi connectivity index (χ2v) is 16.3. The molecule has 0 bridgehead atoms. The Morgan fingerprint density at radius 3 is 2.50 bits per heavy atom. The van der Waals surface area contributed by atoms with Crippen LogP contribution in [0.4, 0.5) is 21.9 Å². The summed E-state index contributed by atoms with van der Waals surface area (Å²) < 4.78 is 24.5. The van der Waals surface area contributed by atoms with Crippen LogP contribution >= 0.6 is 11.6 Å². The number of ether oxygens (including phenoxy) is 4. The van der Waals surface area contributed by atoms with Gasteiger partial charge in [-0.2, -0.15) is 5.10 Å². The van der Waals surface area contributed by atoms with Gasteiger partial charge in [0.15, 0.2) is 5.65 Å². The van der Waals surface area contributed by atoms with Gasteiger partial charge in [0.2, 0.25) is 23.6 Å². The number of urea groups is 1. The van der Waals surface area contributed by atoms with Crippen molar-refractivity contribution < 1.29 is 42.9 Å². The third-order valence-corrected chi connectivity index (χ3v) is 11.9. The Morgan fingerprint density at radius 2 is 1.69 bits per heavy atom. The predicted octanol–water partition coefficient (Wildman–Crippen LogP) is 2.82. The zero-order valence-electron chi connectivity index (χ0n) is 35.4. The monoisotopic (exact) mass is 901 g/mol. The van der Waals surface area contributed by atoms with E-state index in [1.807, 2.05) is 24.3 Å². The van der Waals surface area contributed by atoms with Crippen LogP contribution in [0.3, 0.4) is 0 Å². The number of hydrogen-bond acceptors (Lipinski definition) is 14. The van der Waals surface area contributed by atoms with Gasteiger partial charge in [-0.3, -0.25) is 29.4 Å². The highest BCUT2D eigenvalue weighted by Crippen LogP contribution is 2.34. The Morgan fingerprint density at radius 1 is 0.891 bits per heavy atom. The molecule has 340 valence electrons. The third-order valence-electron chi connectivity index (χ3n) is 11.7. The number of aromatic nitrogens is 4. The molecule has 0 saturated carbocycles. The van der Waals surface area contributed by atoms with E-state index in [0.717, 1.165) is 62.5 Å². The molecule has 4 aromatic rings. The topological polar surface area (TPSA) is 223 Å². The van der Waals surface area contributed by atoms with Crippen LogP contribution in [0.25, 0.3) is 5.65 Å². The maximum absolute atomic E-state index is 13.2. The highest BCUT2D eigenvalue weighted by molar-refractivity contribution is 6.30. The van der Waals surface area contributed by atoms with Gasteiger partial charge >= 0.3 is 6.03 Å². The van der Waals surface area contributed by atoms with Gasteiger partial charge in [-0.15, -0.1) is 0 Å². The van der Waals surface area contributed by atoms with E-state index in [4.69, 9.17) is 30.5 Å². The number of imide groups is 1. The number of amides is 6. The summed E-state index contributed by atoms with van der Waals surface area (Å²) in [6.07, 6.45) is 7.02. The lowest BCUT2D eigenvalue weighted by molar-refractivity contribution is -0.137. The highest BCUT2D eigenvalue weighted by Gasteiger charge is 2.39. The Bertz CT molecular complexity index is 2330. The Hall–Kier alpha value is -5.93. The summed E-state index contributed by atoms with van der Waals surface area (Å²) in [6.45, 7) is 7.65. The second kappa shape index (κ2) is 21.2. The van der Waals surface area contributed by atoms with Crippen molar-refractivity contribution in [3.05, 3.63) is 70.8 Å². The summed E-state index contributed by atoms with van der Waals surface area (Å²) >= 11 is 6.21. The van der Waals surface area contributed by atoms with Gasteiger partial charge in [0.1, 0.15) is 18.3 Å². The van der Waals surface area contributed by atoms with Gasteiger partial charge in [0.05, 0.1) is 61.8 Å². The average Bonchev–Trinajstić information content (AvgIpc) is 3.91. The number of carbonyl (C=O) groups is 5. The number of nitrogens with zero attached hydrogens (tertiary/aromatic N) is 7. The van der Waals surface area contributed by atoms with E-state index < -0.39 is 18.0 Å². The molecule has 1 atom stereocenters. The first-order valence-electron chi connectivity index (χ1n) is 21.6. The lowest BCUT2D eigenvalue weighted by Gasteiger charge is -2.36. The van der Waals surface area contributed by atoms with Crippen molar-refractivity contribution >= 4 is 64.0 Å². The highest BCUT2D eigenvalue weighted by atomic mass is 35.5. The maximum atomic E-state index is 13.2. The molecule has 3 fully saturated rings. The van der Waals surface area contributed by atoms with Crippen LogP contribution in [-0.2, 0) is 35.1 Å². The SMILES string of the molecule is O=C(CCOCCOCCN1CCN(c2ccc3c(c2)CN(C2CCC(=O)NC2=O)C3=O)CC1)NCCOc1ncc(Cl)cc1NC(=O)Nc1cnc2ccnn2c1C1CCOCC1. The summed E-state index contributed by atoms with van der Waals surface area (Å²) in [5, 5.41) is 15.6. The quantitative estimate of drug-likeness (QED) is 0.0834. The number of fused-ring (bicyclic) bond motifs is 2. The van der Waals surface area contributed by atoms with E-state index >= 15 is 0 Å². The number of hydrogen-bond donors (Lipinski definition) is 4. The van der Waals surface area contributed by atoms with Crippen LogP contribution in [0.15, 0.2) is 48.9 Å². The fourth-order valence-electron chi connectivity index (χ4n) is 8.35. The van der Waals surface area contributed by atoms with Gasteiger partial charge in [0.25, 0.3) is 5.91 Å². The standard InChI is InChI=1S/C43H52ClN11O9/c44-30-24-33(49-43(60)50-34-26-46-36-5-9-48-55(36)39(34)28-6-16-61-17-7-28)41(47-25-30)64-19-10-45-37(56)8-18-62-21-22-63-20-15-52-11-13-53(14-12-52)31-1-2-32-29(23-31)27-54(42(32)59)35-3-4-38(57)51-40(35)58/h1-2,5,9,23-26,28,35H,3-4,6-8,10-22,27H2,(H,45,56)(H2,49,50,60)(H,51,57,58). The second-order valence-electron chi connectivity index (χ2n) is 15.9. The summed E-state index contributed by atoms with van der Waals surface area (Å²) in [5.74, 6) is -0.808. The first-order chi connectivity index (χ1) is 31.2. The molecule has 4 aliphatic rings. The molecule has 8 rings (SSSR count). The molecule has 0 radical (unpaired) electrons. The fourth-order valence-corrected chi connectivity index (χ4v) is 8.51. The number of piperazine rings is 1. The molecule has 21 heteroatoms. The van der Waals surface area contributed by atoms with Crippen LogP contribution < -0.4 is 30.9 Å². The normalized spacial score (nSPS) is 18.3. The number of rotatable bonds is 18. The third kappa shape index (κ3) is 11.0. The molecular formula is C43H52ClN11O9. The average molecular weight is 902 g/mol. The van der Waals surface area contributed by atoms with Crippen molar-refractivity contribution in [3.8, 4) is 5.88 Å². The van der Waals surface area contributed by atoms with Gasteiger partial charge in [-0.05, 0) is 49.1 Å². The molecule has 64 heavy (non-hydrogen) atoms. The molecule has 3 aromatic heterocycles. The molecule has 0 spiro atoms. The smallest absolute Gasteiger partial charge is 0.323 e. The number of pyridine rings is 1. The number of nitrogens with one attached hydrogen (secondary N) is 4. The molecule has 6 amide bonds. The minimum Gasteiger partial charge on any atom is -0.474 e. The summed E-state index contributed by atoms with van der Waals surface area (Å²) in [4.78, 5) is 77.6. The minimum absolute atomic E-state index is 0.0947. The van der Waals surface area contributed by atoms with Crippen molar-refractivity contribution in [2.45, 2.75) is 50.6 Å². The Kier molecular flexibility index (Phi) is 14.8. The Labute approximate surface area is 374 Å². The van der Waals surface area contributed by atoms with Crippen LogP contribution in [-0.4, -0.2) is 151 Å². The van der Waals surface area contributed by atoms with Crippen LogP contribution in [0.1, 0.15) is 59.6 Å². The van der Waals surface area contributed by atoms with Crippen molar-refractivity contribution in [3.63, 3.8) is 0 Å². The number of benzene rings is 1. The maximum Gasteiger partial charge on any atom is 0.323 e. The van der Waals surface area contributed by atoms with Crippen molar-refractivity contribution in [2.75, 3.05) is 101 Å². The number of piperidine rings is 1. The van der Waals surface area contributed by atoms with Crippen molar-refractivity contribution in [2.24, 2.45) is 0 Å². The summed E-state index contributed by atoms with van der Waals surface area (Å²) in [5.41, 5.74) is 4.87. The molecule has 7 heterocycles. The largest absolute Gasteiger partial charge is 0.474 e. The molecule has 3 saturated heterocycles. The van der Waals surface area contributed by atoms with Crippen LogP contribution in [0, 0.1) is 0 Å². The van der Waals surface area contributed by atoms with Gasteiger partial charge < -0.3 is 44.7 Å². The number of halogens is 1. The van der Waals surface area contributed by atoms with Gasteiger partial charge in [0, 0.05) is 94.8 Å². The van der Waals surface area contributed by atoms with Crippen LogP contribution in [0.5, 0.6) is 5.88 Å².